The van der Waals surface area contributed by atoms with E-state index in [1.54, 1.807) is 13.3 Å². The molecule has 2 aromatic rings. The van der Waals surface area contributed by atoms with Gasteiger partial charge in [-0.1, -0.05) is 6.07 Å². The first kappa shape index (κ1) is 9.27. The fourth-order valence-corrected chi connectivity index (χ4v) is 1.81. The lowest BCUT2D eigenvalue weighted by Gasteiger charge is -2.08. The molecular weight excluding hydrogens is 244 g/mol. The van der Waals surface area contributed by atoms with Gasteiger partial charge >= 0.3 is 0 Å². The Morgan fingerprint density at radius 3 is 3.00 bits per heavy atom. The van der Waals surface area contributed by atoms with Crippen LogP contribution in [0.3, 0.4) is 0 Å². The molecule has 3 nitrogen and oxygen atoms in total. The zero-order chi connectivity index (χ0) is 10.1. The highest BCUT2D eigenvalue weighted by molar-refractivity contribution is 9.10. The van der Waals surface area contributed by atoms with Crippen molar-refractivity contribution in [1.82, 2.24) is 4.98 Å². The Hall–Kier alpha value is -1.29. The van der Waals surface area contributed by atoms with Crippen molar-refractivity contribution in [3.8, 4) is 5.75 Å². The average molecular weight is 253 g/mol. The Bertz CT molecular complexity index is 485. The standard InChI is InChI=1S/C10H9BrN2O/c1-14-7-5-6-3-2-4-13-10(6)9(12)8(7)11/h2-5H,12H2,1H3. The van der Waals surface area contributed by atoms with Crippen LogP contribution in [0.25, 0.3) is 10.9 Å². The van der Waals surface area contributed by atoms with Crippen molar-refractivity contribution in [2.24, 2.45) is 0 Å². The van der Waals surface area contributed by atoms with E-state index in [-0.39, 0.29) is 0 Å². The topological polar surface area (TPSA) is 48.1 Å². The van der Waals surface area contributed by atoms with Gasteiger partial charge in [0.05, 0.1) is 22.8 Å². The van der Waals surface area contributed by atoms with Crippen molar-refractivity contribution in [1.29, 1.82) is 0 Å². The summed E-state index contributed by atoms with van der Waals surface area (Å²) >= 11 is 3.37. The van der Waals surface area contributed by atoms with Gasteiger partial charge in [0.25, 0.3) is 0 Å². The zero-order valence-corrected chi connectivity index (χ0v) is 9.21. The van der Waals surface area contributed by atoms with E-state index in [0.717, 1.165) is 21.1 Å². The number of aromatic nitrogens is 1. The average Bonchev–Trinajstić information content (AvgIpc) is 2.23. The molecule has 0 radical (unpaired) electrons. The summed E-state index contributed by atoms with van der Waals surface area (Å²) in [4.78, 5) is 4.21. The van der Waals surface area contributed by atoms with Crippen LogP contribution in [0.15, 0.2) is 28.9 Å². The minimum absolute atomic E-state index is 0.611. The summed E-state index contributed by atoms with van der Waals surface area (Å²) in [7, 11) is 1.61. The molecule has 14 heavy (non-hydrogen) atoms. The second-order valence-electron chi connectivity index (χ2n) is 2.88. The van der Waals surface area contributed by atoms with Crippen molar-refractivity contribution in [3.63, 3.8) is 0 Å². The SMILES string of the molecule is COc1cc2cccnc2c(N)c1Br. The largest absolute Gasteiger partial charge is 0.495 e. The number of fused-ring (bicyclic) bond motifs is 1. The number of pyridine rings is 1. The van der Waals surface area contributed by atoms with Crippen LogP contribution in [0.1, 0.15) is 0 Å². The minimum Gasteiger partial charge on any atom is -0.495 e. The number of benzene rings is 1. The number of nitrogen functional groups attached to an aromatic ring is 1. The lowest BCUT2D eigenvalue weighted by Crippen LogP contribution is -1.94. The summed E-state index contributed by atoms with van der Waals surface area (Å²) in [6.45, 7) is 0. The molecule has 1 aromatic heterocycles. The molecule has 0 fully saturated rings. The van der Waals surface area contributed by atoms with Crippen LogP contribution in [0.5, 0.6) is 5.75 Å². The van der Waals surface area contributed by atoms with Crippen molar-refractivity contribution >= 4 is 32.5 Å². The Balaban J connectivity index is 2.85. The summed E-state index contributed by atoms with van der Waals surface area (Å²) < 4.78 is 5.93. The molecule has 0 spiro atoms. The third-order valence-corrected chi connectivity index (χ3v) is 2.87. The number of hydrogen-bond acceptors (Lipinski definition) is 3. The highest BCUT2D eigenvalue weighted by Crippen LogP contribution is 2.35. The van der Waals surface area contributed by atoms with E-state index in [4.69, 9.17) is 10.5 Å². The van der Waals surface area contributed by atoms with Gasteiger partial charge in [-0.05, 0) is 28.1 Å². The molecule has 2 N–H and O–H groups in total. The molecule has 0 aliphatic carbocycles. The molecule has 1 heterocycles. The summed E-state index contributed by atoms with van der Waals surface area (Å²) in [5.41, 5.74) is 7.31. The Kier molecular flexibility index (Phi) is 2.29. The van der Waals surface area contributed by atoms with Crippen molar-refractivity contribution < 1.29 is 4.74 Å². The van der Waals surface area contributed by atoms with Crippen LogP contribution in [-0.4, -0.2) is 12.1 Å². The van der Waals surface area contributed by atoms with Gasteiger partial charge in [-0.2, -0.15) is 0 Å². The number of hydrogen-bond donors (Lipinski definition) is 1. The van der Waals surface area contributed by atoms with Gasteiger partial charge in [0.1, 0.15) is 5.75 Å². The van der Waals surface area contributed by atoms with E-state index in [2.05, 4.69) is 20.9 Å². The number of methoxy groups -OCH3 is 1. The minimum atomic E-state index is 0.611. The Morgan fingerprint density at radius 2 is 2.29 bits per heavy atom. The van der Waals surface area contributed by atoms with Gasteiger partial charge in [0, 0.05) is 11.6 Å². The number of nitrogens with zero attached hydrogens (tertiary/aromatic N) is 1. The van der Waals surface area contributed by atoms with E-state index < -0.39 is 0 Å². The third-order valence-electron chi connectivity index (χ3n) is 2.05. The van der Waals surface area contributed by atoms with E-state index in [0.29, 0.717) is 5.69 Å². The highest BCUT2D eigenvalue weighted by atomic mass is 79.9. The number of nitrogens with two attached hydrogens (primary N) is 1. The molecule has 1 aromatic carbocycles. The molecule has 0 atom stereocenters. The van der Waals surface area contributed by atoms with Crippen molar-refractivity contribution in [2.45, 2.75) is 0 Å². The first-order valence-corrected chi connectivity index (χ1v) is 4.90. The van der Waals surface area contributed by atoms with Crippen molar-refractivity contribution in [3.05, 3.63) is 28.9 Å². The highest BCUT2D eigenvalue weighted by Gasteiger charge is 2.09. The number of halogens is 1. The maximum absolute atomic E-state index is 5.91. The van der Waals surface area contributed by atoms with E-state index in [1.807, 2.05) is 18.2 Å². The van der Waals surface area contributed by atoms with Gasteiger partial charge in [-0.25, -0.2) is 0 Å². The van der Waals surface area contributed by atoms with Gasteiger partial charge in [0.15, 0.2) is 0 Å². The number of anilines is 1. The molecule has 0 saturated carbocycles. The molecule has 2 rings (SSSR count). The predicted molar refractivity (Wildman–Crippen MR) is 60.4 cm³/mol. The first-order valence-electron chi connectivity index (χ1n) is 4.10. The van der Waals surface area contributed by atoms with Crippen LogP contribution < -0.4 is 10.5 Å². The van der Waals surface area contributed by atoms with Gasteiger partial charge in [-0.3, -0.25) is 4.98 Å². The van der Waals surface area contributed by atoms with Crippen molar-refractivity contribution in [2.75, 3.05) is 12.8 Å². The first-order chi connectivity index (χ1) is 6.74. The molecule has 4 heteroatoms. The van der Waals surface area contributed by atoms with Crippen LogP contribution >= 0.6 is 15.9 Å². The van der Waals surface area contributed by atoms with Crippen LogP contribution in [0.4, 0.5) is 5.69 Å². The van der Waals surface area contributed by atoms with Gasteiger partial charge < -0.3 is 10.5 Å². The van der Waals surface area contributed by atoms with Crippen LogP contribution in [-0.2, 0) is 0 Å². The van der Waals surface area contributed by atoms with E-state index in [9.17, 15) is 0 Å². The molecule has 0 bridgehead atoms. The molecule has 0 saturated heterocycles. The predicted octanol–water partition coefficient (Wildman–Crippen LogP) is 2.59. The Morgan fingerprint density at radius 1 is 1.50 bits per heavy atom. The monoisotopic (exact) mass is 252 g/mol. The molecule has 0 aliphatic heterocycles. The van der Waals surface area contributed by atoms with Crippen LogP contribution in [0, 0.1) is 0 Å². The summed E-state index contributed by atoms with van der Waals surface area (Å²) in [5.74, 6) is 0.725. The number of ether oxygens (including phenoxy) is 1. The molecular formula is C10H9BrN2O. The van der Waals surface area contributed by atoms with Gasteiger partial charge in [-0.15, -0.1) is 0 Å². The summed E-state index contributed by atoms with van der Waals surface area (Å²) in [6.07, 6.45) is 1.72. The fourth-order valence-electron chi connectivity index (χ4n) is 1.35. The van der Waals surface area contributed by atoms with E-state index >= 15 is 0 Å². The lowest BCUT2D eigenvalue weighted by atomic mass is 10.2. The maximum Gasteiger partial charge on any atom is 0.135 e. The number of rotatable bonds is 1. The second-order valence-corrected chi connectivity index (χ2v) is 3.67. The smallest absolute Gasteiger partial charge is 0.135 e. The van der Waals surface area contributed by atoms with Gasteiger partial charge in [0.2, 0.25) is 0 Å². The maximum atomic E-state index is 5.91. The van der Waals surface area contributed by atoms with Crippen LogP contribution in [0.2, 0.25) is 0 Å². The zero-order valence-electron chi connectivity index (χ0n) is 7.62. The second kappa shape index (κ2) is 3.46. The summed E-state index contributed by atoms with van der Waals surface area (Å²) in [5, 5.41) is 0.977. The fraction of sp³-hybridized carbons (Fsp3) is 0.100. The van der Waals surface area contributed by atoms with E-state index in [1.165, 1.54) is 0 Å². The molecule has 0 amide bonds. The Labute approximate surface area is 90.0 Å². The molecule has 0 aliphatic rings. The normalized spacial score (nSPS) is 10.4. The quantitative estimate of drug-likeness (QED) is 0.794. The molecule has 72 valence electrons. The lowest BCUT2D eigenvalue weighted by molar-refractivity contribution is 0.413. The molecule has 0 unspecified atom stereocenters. The third kappa shape index (κ3) is 1.32. The summed E-state index contributed by atoms with van der Waals surface area (Å²) in [6, 6.07) is 5.73.